The van der Waals surface area contributed by atoms with Gasteiger partial charge >= 0.3 is 0 Å². The third-order valence-corrected chi connectivity index (χ3v) is 8.72. The van der Waals surface area contributed by atoms with Crippen molar-refractivity contribution in [2.45, 2.75) is 77.2 Å². The Balaban J connectivity index is 1.66. The maximum atomic E-state index is 14.3. The Morgan fingerprint density at radius 1 is 1.02 bits per heavy atom. The van der Waals surface area contributed by atoms with Gasteiger partial charge in [-0.05, 0) is 55.3 Å². The molecule has 45 heavy (non-hydrogen) atoms. The van der Waals surface area contributed by atoms with Gasteiger partial charge in [-0.15, -0.1) is 0 Å². The fourth-order valence-electron chi connectivity index (χ4n) is 6.07. The highest BCUT2D eigenvalue weighted by Crippen LogP contribution is 2.27. The zero-order chi connectivity index (χ0) is 32.7. The van der Waals surface area contributed by atoms with Gasteiger partial charge in [-0.2, -0.15) is 0 Å². The molecule has 0 radical (unpaired) electrons. The molecule has 1 saturated heterocycles. The second-order valence-corrected chi connectivity index (χ2v) is 12.6. The van der Waals surface area contributed by atoms with Crippen molar-refractivity contribution in [3.8, 4) is 5.75 Å². The van der Waals surface area contributed by atoms with Gasteiger partial charge in [0.05, 0.1) is 6.04 Å². The van der Waals surface area contributed by atoms with Crippen LogP contribution in [0.1, 0.15) is 51.7 Å². The molecule has 0 aliphatic carbocycles. The molecule has 2 aromatic carbocycles. The lowest BCUT2D eigenvalue weighted by Crippen LogP contribution is -2.61. The fourth-order valence-corrected chi connectivity index (χ4v) is 6.07. The van der Waals surface area contributed by atoms with Crippen molar-refractivity contribution in [2.75, 3.05) is 20.6 Å². The molecule has 0 aromatic heterocycles. The van der Waals surface area contributed by atoms with Gasteiger partial charge in [-0.25, -0.2) is 0 Å². The third kappa shape index (κ3) is 8.30. The minimum absolute atomic E-state index is 0.0757. The smallest absolute Gasteiger partial charge is 0.247 e. The lowest BCUT2D eigenvalue weighted by molar-refractivity contribution is -0.145. The van der Waals surface area contributed by atoms with Crippen LogP contribution in [0.15, 0.2) is 60.8 Å². The monoisotopic (exact) mass is 617 g/mol. The SMILES string of the molecule is CC[C@@H](C)[C@@H](C(=O)N[C@H](C(=O)N1CC[C@@H]2Oc3ccc(cc3)/C=C\NC(=O)[C@H](Cc3ccccc3)NC(=O)[C@@H]21)C(C)C)N(C)C. The van der Waals surface area contributed by atoms with Crippen LogP contribution in [0, 0.1) is 11.8 Å². The lowest BCUT2D eigenvalue weighted by Gasteiger charge is -2.35. The lowest BCUT2D eigenvalue weighted by atomic mass is 9.95. The number of benzene rings is 2. The summed E-state index contributed by atoms with van der Waals surface area (Å²) >= 11 is 0. The van der Waals surface area contributed by atoms with Crippen LogP contribution in [0.4, 0.5) is 0 Å². The molecule has 2 bridgehead atoms. The molecule has 242 valence electrons. The Bertz CT molecular complexity index is 1360. The van der Waals surface area contributed by atoms with Gasteiger partial charge in [0, 0.05) is 25.6 Å². The Labute approximate surface area is 266 Å². The number of carbonyl (C=O) groups excluding carboxylic acids is 4. The maximum Gasteiger partial charge on any atom is 0.247 e. The normalized spacial score (nSPS) is 22.8. The number of carbonyl (C=O) groups is 4. The fraction of sp³-hybridized carbons (Fsp3) is 0.486. The van der Waals surface area contributed by atoms with E-state index in [2.05, 4.69) is 16.0 Å². The van der Waals surface area contributed by atoms with Gasteiger partial charge in [0.15, 0.2) is 0 Å². The maximum absolute atomic E-state index is 14.3. The van der Waals surface area contributed by atoms with E-state index in [1.54, 1.807) is 24.4 Å². The van der Waals surface area contributed by atoms with E-state index < -0.39 is 36.2 Å². The van der Waals surface area contributed by atoms with Gasteiger partial charge in [-0.1, -0.05) is 76.6 Å². The largest absolute Gasteiger partial charge is 0.488 e. The van der Waals surface area contributed by atoms with E-state index in [0.29, 0.717) is 12.2 Å². The van der Waals surface area contributed by atoms with E-state index in [1.165, 1.54) is 4.90 Å². The van der Waals surface area contributed by atoms with Crippen LogP contribution in [0.3, 0.4) is 0 Å². The number of likely N-dealkylation sites (N-methyl/N-ethyl adjacent to an activating group) is 1. The molecule has 0 saturated carbocycles. The minimum Gasteiger partial charge on any atom is -0.488 e. The third-order valence-electron chi connectivity index (χ3n) is 8.72. The van der Waals surface area contributed by atoms with Crippen molar-refractivity contribution in [3.63, 3.8) is 0 Å². The number of hydrogen-bond acceptors (Lipinski definition) is 6. The molecule has 6 atom stereocenters. The number of rotatable bonds is 9. The molecule has 10 heteroatoms. The summed E-state index contributed by atoms with van der Waals surface area (Å²) in [4.78, 5) is 58.7. The average Bonchev–Trinajstić information content (AvgIpc) is 3.43. The number of nitrogens with one attached hydrogen (secondary N) is 3. The molecule has 3 N–H and O–H groups in total. The summed E-state index contributed by atoms with van der Waals surface area (Å²) in [5, 5.41) is 8.74. The number of ether oxygens (including phenoxy) is 1. The Hall–Kier alpha value is -4.18. The van der Waals surface area contributed by atoms with Crippen LogP contribution in [0.25, 0.3) is 6.08 Å². The number of nitrogens with zero attached hydrogens (tertiary/aromatic N) is 2. The standard InChI is InChI=1S/C35H47N5O5/c1-7-23(4)30(39(5)6)33(42)38-29(22(2)3)35(44)40-20-18-28-31(40)34(43)37-27(21-25-11-9-8-10-12-25)32(41)36-19-17-24-13-15-26(45-28)16-14-24/h8-17,19,22-23,27-31H,7,18,20-21H2,1-6H3,(H,36,41)(H,37,43)(H,38,42)/b19-17-/t23-,27+,28+,29+,30+,31-/m1/s1. The molecular weight excluding hydrogens is 570 g/mol. The molecule has 3 heterocycles. The van der Waals surface area contributed by atoms with Crippen LogP contribution in [0.2, 0.25) is 0 Å². The van der Waals surface area contributed by atoms with Crippen molar-refractivity contribution in [1.29, 1.82) is 0 Å². The number of hydrogen-bond donors (Lipinski definition) is 3. The van der Waals surface area contributed by atoms with Crippen LogP contribution >= 0.6 is 0 Å². The molecule has 10 nitrogen and oxygen atoms in total. The second-order valence-electron chi connectivity index (χ2n) is 12.6. The van der Waals surface area contributed by atoms with E-state index in [4.69, 9.17) is 4.74 Å². The van der Waals surface area contributed by atoms with Crippen molar-refractivity contribution in [3.05, 3.63) is 71.9 Å². The summed E-state index contributed by atoms with van der Waals surface area (Å²) in [5.74, 6) is -1.03. The van der Waals surface area contributed by atoms with E-state index in [-0.39, 0.29) is 42.5 Å². The van der Waals surface area contributed by atoms with Crippen molar-refractivity contribution in [1.82, 2.24) is 25.8 Å². The predicted molar refractivity (Wildman–Crippen MR) is 174 cm³/mol. The molecule has 4 amide bonds. The predicted octanol–water partition coefficient (Wildman–Crippen LogP) is 2.98. The van der Waals surface area contributed by atoms with Gasteiger partial charge in [0.1, 0.15) is 30.0 Å². The molecule has 0 spiro atoms. The average molecular weight is 618 g/mol. The number of fused-ring (bicyclic) bond motifs is 7. The molecule has 0 unspecified atom stereocenters. The van der Waals surface area contributed by atoms with Gasteiger partial charge < -0.3 is 25.6 Å². The molecule has 2 aromatic rings. The zero-order valence-electron chi connectivity index (χ0n) is 27.2. The van der Waals surface area contributed by atoms with Crippen LogP contribution in [-0.2, 0) is 25.6 Å². The second kappa shape index (κ2) is 15.2. The molecule has 5 rings (SSSR count). The summed E-state index contributed by atoms with van der Waals surface area (Å²) in [6.45, 7) is 8.07. The minimum atomic E-state index is -1.01. The summed E-state index contributed by atoms with van der Waals surface area (Å²) < 4.78 is 6.33. The topological polar surface area (TPSA) is 120 Å². The zero-order valence-corrected chi connectivity index (χ0v) is 27.2. The summed E-state index contributed by atoms with van der Waals surface area (Å²) in [5.41, 5.74) is 1.75. The van der Waals surface area contributed by atoms with E-state index in [9.17, 15) is 19.2 Å². The van der Waals surface area contributed by atoms with Crippen LogP contribution in [-0.4, -0.2) is 84.3 Å². The van der Waals surface area contributed by atoms with Crippen LogP contribution in [0.5, 0.6) is 5.75 Å². The molecule has 3 aliphatic heterocycles. The molecule has 3 aliphatic rings. The Morgan fingerprint density at radius 2 is 1.71 bits per heavy atom. The van der Waals surface area contributed by atoms with E-state index >= 15 is 0 Å². The first kappa shape index (κ1) is 33.7. The highest BCUT2D eigenvalue weighted by molar-refractivity contribution is 5.96. The van der Waals surface area contributed by atoms with Crippen molar-refractivity contribution < 1.29 is 23.9 Å². The van der Waals surface area contributed by atoms with E-state index in [1.807, 2.05) is 89.2 Å². The quantitative estimate of drug-likeness (QED) is 0.398. The summed E-state index contributed by atoms with van der Waals surface area (Å²) in [7, 11) is 3.71. The highest BCUT2D eigenvalue weighted by Gasteiger charge is 2.47. The summed E-state index contributed by atoms with van der Waals surface area (Å²) in [6, 6.07) is 13.6. The molecule has 1 fully saturated rings. The van der Waals surface area contributed by atoms with Gasteiger partial charge in [0.25, 0.3) is 0 Å². The van der Waals surface area contributed by atoms with Gasteiger partial charge in [0.2, 0.25) is 23.6 Å². The van der Waals surface area contributed by atoms with Crippen molar-refractivity contribution >= 4 is 29.7 Å². The van der Waals surface area contributed by atoms with Gasteiger partial charge in [-0.3, -0.25) is 24.1 Å². The van der Waals surface area contributed by atoms with E-state index in [0.717, 1.165) is 17.5 Å². The van der Waals surface area contributed by atoms with Crippen molar-refractivity contribution in [2.24, 2.45) is 11.8 Å². The van der Waals surface area contributed by atoms with Crippen LogP contribution < -0.4 is 20.7 Å². The first-order valence-corrected chi connectivity index (χ1v) is 15.8. The first-order chi connectivity index (χ1) is 21.5. The number of amides is 4. The Morgan fingerprint density at radius 3 is 2.33 bits per heavy atom. The number of likely N-dealkylation sites (tertiary alicyclic amines) is 1. The Kier molecular flexibility index (Phi) is 11.4. The first-order valence-electron chi connectivity index (χ1n) is 15.8. The molecular formula is C35H47N5O5. The summed E-state index contributed by atoms with van der Waals surface area (Å²) in [6.07, 6.45) is 4.15. The highest BCUT2D eigenvalue weighted by atomic mass is 16.5.